The van der Waals surface area contributed by atoms with E-state index in [1.807, 2.05) is 34.5 Å². The van der Waals surface area contributed by atoms with E-state index in [1.54, 1.807) is 29.6 Å². The molecule has 7 heteroatoms. The first kappa shape index (κ1) is 17.3. The van der Waals surface area contributed by atoms with Gasteiger partial charge in [-0.1, -0.05) is 11.6 Å². The Morgan fingerprint density at radius 2 is 1.96 bits per heavy atom. The zero-order chi connectivity index (χ0) is 17.6. The van der Waals surface area contributed by atoms with Crippen LogP contribution in [0.4, 0.5) is 5.69 Å². The number of rotatable bonds is 6. The molecule has 25 heavy (non-hydrogen) atoms. The van der Waals surface area contributed by atoms with Crippen molar-refractivity contribution in [3.8, 4) is 5.69 Å². The summed E-state index contributed by atoms with van der Waals surface area (Å²) in [6.07, 6.45) is 3.94. The van der Waals surface area contributed by atoms with Gasteiger partial charge in [-0.2, -0.15) is 11.3 Å². The molecule has 0 aliphatic heterocycles. The van der Waals surface area contributed by atoms with Gasteiger partial charge in [0.2, 0.25) is 5.91 Å². The van der Waals surface area contributed by atoms with Crippen molar-refractivity contribution in [3.63, 3.8) is 0 Å². The first-order valence-corrected chi connectivity index (χ1v) is 8.99. The van der Waals surface area contributed by atoms with Crippen LogP contribution in [0.5, 0.6) is 0 Å². The van der Waals surface area contributed by atoms with Crippen molar-refractivity contribution >= 4 is 40.4 Å². The number of benzene rings is 1. The number of hydrogen-bond donors (Lipinski definition) is 2. The molecule has 2 N–H and O–H groups in total. The number of nitrogens with zero attached hydrogens (tertiary/aromatic N) is 1. The van der Waals surface area contributed by atoms with Gasteiger partial charge in [0.05, 0.1) is 11.4 Å². The van der Waals surface area contributed by atoms with Crippen LogP contribution in [0.2, 0.25) is 5.02 Å². The molecule has 0 aliphatic rings. The normalized spacial score (nSPS) is 10.4. The first-order valence-electron chi connectivity index (χ1n) is 7.66. The summed E-state index contributed by atoms with van der Waals surface area (Å²) in [4.78, 5) is 24.0. The van der Waals surface area contributed by atoms with Crippen molar-refractivity contribution in [3.05, 3.63) is 70.1 Å². The number of halogens is 1. The molecule has 0 bridgehead atoms. The fourth-order valence-electron chi connectivity index (χ4n) is 2.32. The van der Waals surface area contributed by atoms with Gasteiger partial charge in [-0.25, -0.2) is 0 Å². The lowest BCUT2D eigenvalue weighted by Crippen LogP contribution is -2.27. The summed E-state index contributed by atoms with van der Waals surface area (Å²) in [7, 11) is 0. The second kappa shape index (κ2) is 8.00. The van der Waals surface area contributed by atoms with E-state index in [0.29, 0.717) is 16.3 Å². The zero-order valence-electron chi connectivity index (χ0n) is 13.2. The lowest BCUT2D eigenvalue weighted by Gasteiger charge is -2.13. The Bertz CT molecular complexity index is 861. The van der Waals surface area contributed by atoms with Gasteiger partial charge in [0.1, 0.15) is 0 Å². The Balaban J connectivity index is 1.59. The smallest absolute Gasteiger partial charge is 0.252 e. The number of thiophene rings is 1. The number of anilines is 1. The molecule has 2 aromatic heterocycles. The van der Waals surface area contributed by atoms with Crippen molar-refractivity contribution in [2.45, 2.75) is 6.42 Å². The van der Waals surface area contributed by atoms with Crippen molar-refractivity contribution in [1.29, 1.82) is 0 Å². The molecule has 0 aliphatic carbocycles. The highest BCUT2D eigenvalue weighted by Crippen LogP contribution is 2.24. The maximum Gasteiger partial charge on any atom is 0.252 e. The van der Waals surface area contributed by atoms with Crippen molar-refractivity contribution in [2.24, 2.45) is 0 Å². The largest absolute Gasteiger partial charge is 0.351 e. The minimum absolute atomic E-state index is 0.173. The minimum Gasteiger partial charge on any atom is -0.351 e. The maximum absolute atomic E-state index is 12.2. The third-order valence-corrected chi connectivity index (χ3v) is 4.46. The van der Waals surface area contributed by atoms with Crippen LogP contribution in [0.1, 0.15) is 16.8 Å². The molecule has 0 fully saturated rings. The Hall–Kier alpha value is -2.57. The van der Waals surface area contributed by atoms with Gasteiger partial charge in [-0.3, -0.25) is 9.59 Å². The first-order chi connectivity index (χ1) is 12.1. The predicted molar refractivity (Wildman–Crippen MR) is 101 cm³/mol. The number of hydrogen-bond acceptors (Lipinski definition) is 3. The van der Waals surface area contributed by atoms with E-state index in [-0.39, 0.29) is 24.8 Å². The highest BCUT2D eigenvalue weighted by Gasteiger charge is 2.10. The summed E-state index contributed by atoms with van der Waals surface area (Å²) in [6.45, 7) is 0.271. The molecule has 5 nitrogen and oxygen atoms in total. The van der Waals surface area contributed by atoms with Gasteiger partial charge in [0.25, 0.3) is 5.91 Å². The standard InChI is InChI=1S/C18H16ClN3O2S/c19-14-3-4-15(16(11-14)22-8-1-2-9-22)21-17(23)5-7-20-18(24)13-6-10-25-12-13/h1-4,6,8-12H,5,7H2,(H,20,24)(H,21,23). The lowest BCUT2D eigenvalue weighted by atomic mass is 10.2. The van der Waals surface area contributed by atoms with Gasteiger partial charge in [-0.15, -0.1) is 0 Å². The number of carbonyl (C=O) groups excluding carboxylic acids is 2. The molecule has 0 radical (unpaired) electrons. The van der Waals surface area contributed by atoms with Crippen molar-refractivity contribution in [2.75, 3.05) is 11.9 Å². The average Bonchev–Trinajstić information content (AvgIpc) is 3.30. The van der Waals surface area contributed by atoms with Crippen LogP contribution in [0.15, 0.2) is 59.6 Å². The SMILES string of the molecule is O=C(CCNC(=O)c1ccsc1)Nc1ccc(Cl)cc1-n1cccc1. The molecule has 0 spiro atoms. The van der Waals surface area contributed by atoms with Crippen LogP contribution < -0.4 is 10.6 Å². The Morgan fingerprint density at radius 1 is 1.16 bits per heavy atom. The molecular formula is C18H16ClN3O2S. The second-order valence-electron chi connectivity index (χ2n) is 5.32. The van der Waals surface area contributed by atoms with E-state index in [4.69, 9.17) is 11.6 Å². The molecule has 0 saturated carbocycles. The number of amides is 2. The van der Waals surface area contributed by atoms with Crippen molar-refractivity contribution < 1.29 is 9.59 Å². The second-order valence-corrected chi connectivity index (χ2v) is 6.53. The molecule has 1 aromatic carbocycles. The molecule has 3 rings (SSSR count). The molecular weight excluding hydrogens is 358 g/mol. The number of nitrogens with one attached hydrogen (secondary N) is 2. The van der Waals surface area contributed by atoms with Crippen molar-refractivity contribution in [1.82, 2.24) is 9.88 Å². The van der Waals surface area contributed by atoms with Crippen LogP contribution in [0.3, 0.4) is 0 Å². The van der Waals surface area contributed by atoms with E-state index in [0.717, 1.165) is 5.69 Å². The third kappa shape index (κ3) is 4.49. The Labute approximate surface area is 154 Å². The topological polar surface area (TPSA) is 63.1 Å². The molecule has 2 heterocycles. The van der Waals surface area contributed by atoms with Gasteiger partial charge in [0, 0.05) is 41.3 Å². The van der Waals surface area contributed by atoms with Gasteiger partial charge >= 0.3 is 0 Å². The minimum atomic E-state index is -0.179. The monoisotopic (exact) mass is 373 g/mol. The summed E-state index contributed by atoms with van der Waals surface area (Å²) in [5.74, 6) is -0.352. The van der Waals surface area contributed by atoms with Crippen LogP contribution in [0, 0.1) is 0 Å². The lowest BCUT2D eigenvalue weighted by molar-refractivity contribution is -0.116. The predicted octanol–water partition coefficient (Wildman–Crippen LogP) is 3.95. The maximum atomic E-state index is 12.2. The highest BCUT2D eigenvalue weighted by atomic mass is 35.5. The Morgan fingerprint density at radius 3 is 2.68 bits per heavy atom. The summed E-state index contributed by atoms with van der Waals surface area (Å²) in [5.41, 5.74) is 2.06. The van der Waals surface area contributed by atoms with Crippen LogP contribution in [0.25, 0.3) is 5.69 Å². The fraction of sp³-hybridized carbons (Fsp3) is 0.111. The molecule has 2 amide bonds. The molecule has 3 aromatic rings. The zero-order valence-corrected chi connectivity index (χ0v) is 14.8. The van der Waals surface area contributed by atoms with E-state index in [9.17, 15) is 9.59 Å². The molecule has 0 atom stereocenters. The molecule has 128 valence electrons. The quantitative estimate of drug-likeness (QED) is 0.687. The molecule has 0 saturated heterocycles. The van der Waals surface area contributed by atoms with Gasteiger partial charge < -0.3 is 15.2 Å². The number of carbonyl (C=O) groups is 2. The van der Waals surface area contributed by atoms with E-state index >= 15 is 0 Å². The van der Waals surface area contributed by atoms with Crippen LogP contribution >= 0.6 is 22.9 Å². The molecule has 0 unspecified atom stereocenters. The van der Waals surface area contributed by atoms with Crippen LogP contribution in [-0.4, -0.2) is 22.9 Å². The summed E-state index contributed by atoms with van der Waals surface area (Å²) < 4.78 is 1.87. The summed E-state index contributed by atoms with van der Waals surface area (Å²) in [5, 5.41) is 9.80. The van der Waals surface area contributed by atoms with Gasteiger partial charge in [0.15, 0.2) is 0 Å². The van der Waals surface area contributed by atoms with E-state index in [1.165, 1.54) is 11.3 Å². The van der Waals surface area contributed by atoms with Crippen LogP contribution in [-0.2, 0) is 4.79 Å². The number of aromatic nitrogens is 1. The summed E-state index contributed by atoms with van der Waals surface area (Å²) >= 11 is 7.52. The Kier molecular flexibility index (Phi) is 5.53. The van der Waals surface area contributed by atoms with Gasteiger partial charge in [-0.05, 0) is 41.8 Å². The third-order valence-electron chi connectivity index (χ3n) is 3.54. The van der Waals surface area contributed by atoms with E-state index < -0.39 is 0 Å². The highest BCUT2D eigenvalue weighted by molar-refractivity contribution is 7.08. The fourth-order valence-corrected chi connectivity index (χ4v) is 3.12. The van der Waals surface area contributed by atoms with E-state index in [2.05, 4.69) is 10.6 Å². The summed E-state index contributed by atoms with van der Waals surface area (Å²) in [6, 6.07) is 10.8. The average molecular weight is 374 g/mol.